The maximum atomic E-state index is 10.1. The maximum Gasteiger partial charge on any atom is 0.0417 e. The van der Waals surface area contributed by atoms with E-state index in [2.05, 4.69) is 10.0 Å². The van der Waals surface area contributed by atoms with E-state index in [1.165, 1.54) is 0 Å². The molecule has 0 aliphatic heterocycles. The summed E-state index contributed by atoms with van der Waals surface area (Å²) in [6.45, 7) is -0.182. The van der Waals surface area contributed by atoms with Gasteiger partial charge in [0.15, 0.2) is 0 Å². The monoisotopic (exact) mass is 185 g/mol. The van der Waals surface area contributed by atoms with Gasteiger partial charge in [-0.1, -0.05) is 5.11 Å². The average Bonchev–Trinajstić information content (AvgIpc) is 1.98. The zero-order valence-corrected chi connectivity index (χ0v) is 6.67. The van der Waals surface area contributed by atoms with Gasteiger partial charge in [-0.05, 0) is 24.3 Å². The van der Waals surface area contributed by atoms with Crippen molar-refractivity contribution in [2.75, 3.05) is 6.54 Å². The number of carbonyl (C=O) groups excluding carboxylic acids is 2. The summed E-state index contributed by atoms with van der Waals surface area (Å²) in [6.07, 6.45) is -0.903. The molecule has 0 bridgehead atoms. The highest BCUT2D eigenvalue weighted by atomic mass is 16.4. The molecule has 0 aromatic heterocycles. The molecule has 13 heavy (non-hydrogen) atoms. The van der Waals surface area contributed by atoms with E-state index in [9.17, 15) is 19.8 Å². The molecule has 0 aliphatic carbocycles. The Hall–Kier alpha value is -1.75. The summed E-state index contributed by atoms with van der Waals surface area (Å²) in [5.74, 6) is -3.51. The van der Waals surface area contributed by atoms with Gasteiger partial charge in [0.2, 0.25) is 0 Å². The van der Waals surface area contributed by atoms with Crippen molar-refractivity contribution in [3.05, 3.63) is 10.4 Å². The second kappa shape index (κ2) is 5.84. The SMILES string of the molecule is [N-]=[N+]=NCC(CC(=O)[O-])CC(=O)[O-]. The van der Waals surface area contributed by atoms with Crippen molar-refractivity contribution < 1.29 is 19.8 Å². The molecule has 0 aromatic rings. The van der Waals surface area contributed by atoms with Gasteiger partial charge in [-0.25, -0.2) is 0 Å². The Bertz CT molecular complexity index is 225. The van der Waals surface area contributed by atoms with Crippen molar-refractivity contribution in [3.63, 3.8) is 0 Å². The fraction of sp³-hybridized carbons (Fsp3) is 0.667. The van der Waals surface area contributed by atoms with Gasteiger partial charge in [0.25, 0.3) is 0 Å². The molecule has 0 saturated carbocycles. The second-order valence-electron chi connectivity index (χ2n) is 2.43. The Labute approximate surface area is 73.6 Å². The molecule has 0 aromatic carbocycles. The van der Waals surface area contributed by atoms with Gasteiger partial charge in [-0.2, -0.15) is 0 Å². The predicted octanol–water partition coefficient (Wildman–Crippen LogP) is -1.81. The minimum Gasteiger partial charge on any atom is -0.550 e. The fourth-order valence-corrected chi connectivity index (χ4v) is 0.825. The number of carboxylic acid groups (broad SMARTS) is 2. The minimum absolute atomic E-state index is 0.182. The maximum absolute atomic E-state index is 10.1. The van der Waals surface area contributed by atoms with Crippen LogP contribution in [0, 0.1) is 5.92 Å². The van der Waals surface area contributed by atoms with Crippen LogP contribution in [0.1, 0.15) is 12.8 Å². The largest absolute Gasteiger partial charge is 0.550 e. The van der Waals surface area contributed by atoms with Crippen LogP contribution in [-0.4, -0.2) is 18.5 Å². The molecule has 7 nitrogen and oxygen atoms in total. The summed E-state index contributed by atoms with van der Waals surface area (Å²) in [6, 6.07) is 0. The molecule has 0 aliphatic rings. The molecule has 0 atom stereocenters. The molecule has 0 fully saturated rings. The van der Waals surface area contributed by atoms with E-state index in [-0.39, 0.29) is 6.54 Å². The average molecular weight is 185 g/mol. The van der Waals surface area contributed by atoms with E-state index in [0.29, 0.717) is 0 Å². The van der Waals surface area contributed by atoms with Crippen LogP contribution in [0.25, 0.3) is 10.4 Å². The lowest BCUT2D eigenvalue weighted by atomic mass is 10.0. The number of rotatable bonds is 6. The Kier molecular flexibility index (Phi) is 5.06. The summed E-state index contributed by atoms with van der Waals surface area (Å²) >= 11 is 0. The quantitative estimate of drug-likeness (QED) is 0.274. The van der Waals surface area contributed by atoms with Crippen LogP contribution < -0.4 is 10.2 Å². The van der Waals surface area contributed by atoms with Crippen LogP contribution in [0.2, 0.25) is 0 Å². The Morgan fingerprint density at radius 2 is 1.77 bits per heavy atom. The van der Waals surface area contributed by atoms with Gasteiger partial charge in [-0.15, -0.1) is 0 Å². The lowest BCUT2D eigenvalue weighted by Crippen LogP contribution is -2.31. The molecule has 0 radical (unpaired) electrons. The highest BCUT2D eigenvalue weighted by Crippen LogP contribution is 2.07. The van der Waals surface area contributed by atoms with Gasteiger partial charge < -0.3 is 19.8 Å². The van der Waals surface area contributed by atoms with Gasteiger partial charge in [-0.3, -0.25) is 0 Å². The van der Waals surface area contributed by atoms with Crippen LogP contribution in [-0.2, 0) is 9.59 Å². The first-order valence-corrected chi connectivity index (χ1v) is 3.46. The molecule has 72 valence electrons. The first kappa shape index (κ1) is 11.2. The van der Waals surface area contributed by atoms with Crippen molar-refractivity contribution in [1.29, 1.82) is 0 Å². The van der Waals surface area contributed by atoms with Crippen molar-refractivity contribution in [2.24, 2.45) is 11.0 Å². The number of nitrogens with zero attached hydrogens (tertiary/aromatic N) is 3. The minimum atomic E-state index is -1.38. The second-order valence-corrected chi connectivity index (χ2v) is 2.43. The smallest absolute Gasteiger partial charge is 0.0417 e. The molecule has 0 N–H and O–H groups in total. The third-order valence-electron chi connectivity index (χ3n) is 1.31. The fourth-order valence-electron chi connectivity index (χ4n) is 0.825. The summed E-state index contributed by atoms with van der Waals surface area (Å²) in [5, 5.41) is 23.3. The highest BCUT2D eigenvalue weighted by molar-refractivity contribution is 5.68. The first-order valence-electron chi connectivity index (χ1n) is 3.46. The number of hydrogen-bond donors (Lipinski definition) is 0. The highest BCUT2D eigenvalue weighted by Gasteiger charge is 2.08. The zero-order valence-electron chi connectivity index (χ0n) is 6.67. The lowest BCUT2D eigenvalue weighted by molar-refractivity contribution is -0.309. The molecule has 0 spiro atoms. The number of aliphatic carboxylic acids is 2. The number of azide groups is 1. The van der Waals surface area contributed by atoms with Crippen LogP contribution in [0.3, 0.4) is 0 Å². The third-order valence-corrected chi connectivity index (χ3v) is 1.31. The first-order chi connectivity index (χ1) is 6.06. The molecule has 0 unspecified atom stereocenters. The van der Waals surface area contributed by atoms with Gasteiger partial charge in [0, 0.05) is 23.4 Å². The third kappa shape index (κ3) is 6.64. The molecular formula is C6H7N3O4-2. The summed E-state index contributed by atoms with van der Waals surface area (Å²) < 4.78 is 0. The Balaban J connectivity index is 4.09. The van der Waals surface area contributed by atoms with Crippen LogP contribution in [0.5, 0.6) is 0 Å². The number of carbonyl (C=O) groups is 2. The van der Waals surface area contributed by atoms with Crippen molar-refractivity contribution >= 4 is 11.9 Å². The normalized spacial score (nSPS) is 9.31. The summed E-state index contributed by atoms with van der Waals surface area (Å²) in [5.41, 5.74) is 7.92. The molecule has 7 heteroatoms. The van der Waals surface area contributed by atoms with Gasteiger partial charge >= 0.3 is 0 Å². The van der Waals surface area contributed by atoms with E-state index in [1.807, 2.05) is 0 Å². The summed E-state index contributed by atoms with van der Waals surface area (Å²) in [4.78, 5) is 22.6. The van der Waals surface area contributed by atoms with Crippen molar-refractivity contribution in [2.45, 2.75) is 12.8 Å². The van der Waals surface area contributed by atoms with E-state index >= 15 is 0 Å². The van der Waals surface area contributed by atoms with Crippen molar-refractivity contribution in [1.82, 2.24) is 0 Å². The number of carboxylic acids is 2. The molecule has 0 rings (SSSR count). The van der Waals surface area contributed by atoms with Gasteiger partial charge in [0.1, 0.15) is 0 Å². The molecule has 0 amide bonds. The topological polar surface area (TPSA) is 129 Å². The van der Waals surface area contributed by atoms with Crippen LogP contribution >= 0.6 is 0 Å². The molecular weight excluding hydrogens is 178 g/mol. The van der Waals surface area contributed by atoms with E-state index < -0.39 is 30.7 Å². The summed E-state index contributed by atoms with van der Waals surface area (Å²) in [7, 11) is 0. The standard InChI is InChI=1S/C6H9N3O4/c7-9-8-3-4(1-5(10)11)2-6(12)13/h4H,1-3H2,(H,10,11)(H,12,13)/p-2. The molecule has 0 saturated heterocycles. The zero-order chi connectivity index (χ0) is 10.3. The van der Waals surface area contributed by atoms with Crippen LogP contribution in [0.15, 0.2) is 5.11 Å². The predicted molar refractivity (Wildman–Crippen MR) is 36.8 cm³/mol. The molecule has 0 heterocycles. The van der Waals surface area contributed by atoms with Crippen LogP contribution in [0.4, 0.5) is 0 Å². The number of hydrogen-bond acceptors (Lipinski definition) is 5. The van der Waals surface area contributed by atoms with E-state index in [1.54, 1.807) is 0 Å². The van der Waals surface area contributed by atoms with E-state index in [4.69, 9.17) is 5.53 Å². The Morgan fingerprint density at radius 1 is 1.31 bits per heavy atom. The Morgan fingerprint density at radius 3 is 2.08 bits per heavy atom. The van der Waals surface area contributed by atoms with Crippen molar-refractivity contribution in [3.8, 4) is 0 Å². The van der Waals surface area contributed by atoms with E-state index in [0.717, 1.165) is 0 Å². The van der Waals surface area contributed by atoms with Gasteiger partial charge in [0.05, 0.1) is 0 Å². The lowest BCUT2D eigenvalue weighted by Gasteiger charge is -2.14.